The van der Waals surface area contributed by atoms with E-state index in [1.807, 2.05) is 4.90 Å². The summed E-state index contributed by atoms with van der Waals surface area (Å²) in [4.78, 5) is 22.4. The Morgan fingerprint density at radius 1 is 1.17 bits per heavy atom. The fourth-order valence-electron chi connectivity index (χ4n) is 3.30. The fourth-order valence-corrected chi connectivity index (χ4v) is 3.30. The number of methoxy groups -OCH3 is 1. The smallest absolute Gasteiger partial charge is 0.317 e. The van der Waals surface area contributed by atoms with Gasteiger partial charge in [-0.3, -0.25) is 0 Å². The fraction of sp³-hybridized carbons (Fsp3) is 0.688. The Morgan fingerprint density at radius 2 is 1.91 bits per heavy atom. The Balaban J connectivity index is 1.45. The number of aromatic nitrogens is 2. The van der Waals surface area contributed by atoms with Crippen LogP contribution in [0.3, 0.4) is 0 Å². The van der Waals surface area contributed by atoms with Crippen LogP contribution in [0.2, 0.25) is 0 Å². The molecule has 2 amide bonds. The van der Waals surface area contributed by atoms with Gasteiger partial charge in [0.25, 0.3) is 0 Å². The topological polar surface area (TPSA) is 79.4 Å². The highest BCUT2D eigenvalue weighted by atomic mass is 16.5. The van der Waals surface area contributed by atoms with Crippen molar-refractivity contribution < 1.29 is 9.53 Å². The van der Waals surface area contributed by atoms with Crippen molar-refractivity contribution in [3.05, 3.63) is 12.4 Å². The summed E-state index contributed by atoms with van der Waals surface area (Å²) in [5, 5.41) is 6.56. The molecule has 1 aliphatic carbocycles. The Hall–Kier alpha value is -2.05. The zero-order valence-corrected chi connectivity index (χ0v) is 13.6. The first kappa shape index (κ1) is 15.8. The van der Waals surface area contributed by atoms with Crippen molar-refractivity contribution in [1.29, 1.82) is 0 Å². The molecule has 0 radical (unpaired) electrons. The van der Waals surface area contributed by atoms with Crippen LogP contribution >= 0.6 is 0 Å². The van der Waals surface area contributed by atoms with Gasteiger partial charge in [0.15, 0.2) is 0 Å². The highest BCUT2D eigenvalue weighted by Crippen LogP contribution is 2.20. The molecule has 0 unspecified atom stereocenters. The summed E-state index contributed by atoms with van der Waals surface area (Å²) >= 11 is 0. The minimum absolute atomic E-state index is 0.0963. The van der Waals surface area contributed by atoms with Crippen LogP contribution < -0.4 is 15.4 Å². The van der Waals surface area contributed by atoms with E-state index in [1.165, 1.54) is 19.2 Å². The third-order valence-corrected chi connectivity index (χ3v) is 4.67. The minimum Gasteiger partial charge on any atom is -0.481 e. The number of nitrogens with zero attached hydrogens (tertiary/aromatic N) is 3. The summed E-state index contributed by atoms with van der Waals surface area (Å²) in [6, 6.07) is 2.59. The van der Waals surface area contributed by atoms with E-state index in [0.717, 1.165) is 44.6 Å². The summed E-state index contributed by atoms with van der Waals surface area (Å²) in [5.74, 6) is 1.32. The molecular formula is C16H25N5O2. The van der Waals surface area contributed by atoms with Crippen LogP contribution in [-0.4, -0.2) is 53.2 Å². The molecule has 2 heterocycles. The number of carbonyl (C=O) groups is 1. The second-order valence-corrected chi connectivity index (χ2v) is 6.28. The molecule has 7 nitrogen and oxygen atoms in total. The molecule has 1 aromatic rings. The summed E-state index contributed by atoms with van der Waals surface area (Å²) in [7, 11) is 1.59. The van der Waals surface area contributed by atoms with Crippen molar-refractivity contribution in [2.75, 3.05) is 25.5 Å². The molecular weight excluding hydrogens is 294 g/mol. The number of amides is 2. The van der Waals surface area contributed by atoms with Crippen LogP contribution in [0.25, 0.3) is 0 Å². The first-order valence-electron chi connectivity index (χ1n) is 8.42. The standard InChI is InChI=1S/C16H25N5O2/c1-23-15-10-14(17-11-18-15)19-13-6-8-21(9-7-13)16(22)20-12-4-2-3-5-12/h10-13H,2-9H2,1H3,(H,20,22)(H,17,18,19). The van der Waals surface area contributed by atoms with Gasteiger partial charge in [0, 0.05) is 31.2 Å². The number of rotatable bonds is 4. The molecule has 23 heavy (non-hydrogen) atoms. The average Bonchev–Trinajstić information content (AvgIpc) is 3.08. The van der Waals surface area contributed by atoms with Gasteiger partial charge in [0.2, 0.25) is 5.88 Å². The maximum Gasteiger partial charge on any atom is 0.317 e. The highest BCUT2D eigenvalue weighted by molar-refractivity contribution is 5.74. The van der Waals surface area contributed by atoms with Gasteiger partial charge in [0.05, 0.1) is 7.11 Å². The molecule has 126 valence electrons. The summed E-state index contributed by atoms with van der Waals surface area (Å²) < 4.78 is 5.10. The molecule has 1 aromatic heterocycles. The Labute approximate surface area is 136 Å². The van der Waals surface area contributed by atoms with E-state index in [0.29, 0.717) is 18.0 Å². The molecule has 1 aliphatic heterocycles. The van der Waals surface area contributed by atoms with Crippen LogP contribution in [-0.2, 0) is 0 Å². The molecule has 2 aliphatic rings. The number of urea groups is 1. The number of hydrogen-bond acceptors (Lipinski definition) is 5. The lowest BCUT2D eigenvalue weighted by molar-refractivity contribution is 0.180. The van der Waals surface area contributed by atoms with E-state index in [9.17, 15) is 4.79 Å². The molecule has 1 saturated carbocycles. The first-order chi connectivity index (χ1) is 11.2. The molecule has 2 fully saturated rings. The predicted molar refractivity (Wildman–Crippen MR) is 87.6 cm³/mol. The van der Waals surface area contributed by atoms with Gasteiger partial charge < -0.3 is 20.3 Å². The number of anilines is 1. The normalized spacial score (nSPS) is 19.6. The Morgan fingerprint density at radius 3 is 2.61 bits per heavy atom. The van der Waals surface area contributed by atoms with Crippen molar-refractivity contribution in [2.24, 2.45) is 0 Å². The Kier molecular flexibility index (Phi) is 5.15. The molecule has 0 aromatic carbocycles. The maximum absolute atomic E-state index is 12.3. The van der Waals surface area contributed by atoms with Crippen molar-refractivity contribution in [3.8, 4) is 5.88 Å². The number of likely N-dealkylation sites (tertiary alicyclic amines) is 1. The SMILES string of the molecule is COc1cc(NC2CCN(C(=O)NC3CCCC3)CC2)ncn1. The van der Waals surface area contributed by atoms with Crippen molar-refractivity contribution in [1.82, 2.24) is 20.2 Å². The molecule has 2 N–H and O–H groups in total. The largest absolute Gasteiger partial charge is 0.481 e. The van der Waals surface area contributed by atoms with Crippen LogP contribution in [0.15, 0.2) is 12.4 Å². The number of ether oxygens (including phenoxy) is 1. The van der Waals surface area contributed by atoms with E-state index in [-0.39, 0.29) is 6.03 Å². The van der Waals surface area contributed by atoms with Gasteiger partial charge >= 0.3 is 6.03 Å². The van der Waals surface area contributed by atoms with Crippen LogP contribution in [0, 0.1) is 0 Å². The second kappa shape index (κ2) is 7.48. The zero-order valence-electron chi connectivity index (χ0n) is 13.6. The highest BCUT2D eigenvalue weighted by Gasteiger charge is 2.25. The van der Waals surface area contributed by atoms with E-state index in [1.54, 1.807) is 13.2 Å². The monoisotopic (exact) mass is 319 g/mol. The number of nitrogens with one attached hydrogen (secondary N) is 2. The van der Waals surface area contributed by atoms with Gasteiger partial charge in [-0.15, -0.1) is 0 Å². The lowest BCUT2D eigenvalue weighted by Gasteiger charge is -2.33. The third-order valence-electron chi connectivity index (χ3n) is 4.67. The first-order valence-corrected chi connectivity index (χ1v) is 8.42. The minimum atomic E-state index is 0.0963. The van der Waals surface area contributed by atoms with Gasteiger partial charge in [-0.1, -0.05) is 12.8 Å². The number of piperidine rings is 1. The maximum atomic E-state index is 12.3. The summed E-state index contributed by atoms with van der Waals surface area (Å²) in [6.45, 7) is 1.55. The second-order valence-electron chi connectivity index (χ2n) is 6.28. The van der Waals surface area contributed by atoms with E-state index >= 15 is 0 Å². The zero-order chi connectivity index (χ0) is 16.1. The van der Waals surface area contributed by atoms with Crippen molar-refractivity contribution in [2.45, 2.75) is 50.6 Å². The van der Waals surface area contributed by atoms with Gasteiger partial charge in [-0.2, -0.15) is 0 Å². The Bertz CT molecular complexity index is 525. The number of carbonyl (C=O) groups excluding carboxylic acids is 1. The van der Waals surface area contributed by atoms with Crippen LogP contribution in [0.1, 0.15) is 38.5 Å². The van der Waals surface area contributed by atoms with E-state index in [4.69, 9.17) is 4.74 Å². The van der Waals surface area contributed by atoms with Gasteiger partial charge in [-0.05, 0) is 25.7 Å². The molecule has 0 bridgehead atoms. The van der Waals surface area contributed by atoms with E-state index in [2.05, 4.69) is 20.6 Å². The lowest BCUT2D eigenvalue weighted by Crippen LogP contribution is -2.49. The van der Waals surface area contributed by atoms with Crippen molar-refractivity contribution >= 4 is 11.8 Å². The predicted octanol–water partition coefficient (Wildman–Crippen LogP) is 2.01. The van der Waals surface area contributed by atoms with Crippen LogP contribution in [0.4, 0.5) is 10.6 Å². The molecule has 1 saturated heterocycles. The van der Waals surface area contributed by atoms with Crippen LogP contribution in [0.5, 0.6) is 5.88 Å². The molecule has 0 spiro atoms. The number of hydrogen-bond donors (Lipinski definition) is 2. The van der Waals surface area contributed by atoms with Gasteiger partial charge in [-0.25, -0.2) is 14.8 Å². The van der Waals surface area contributed by atoms with E-state index < -0.39 is 0 Å². The average molecular weight is 319 g/mol. The quantitative estimate of drug-likeness (QED) is 0.887. The molecule has 0 atom stereocenters. The molecule has 3 rings (SSSR count). The molecule has 7 heteroatoms. The summed E-state index contributed by atoms with van der Waals surface area (Å²) in [5.41, 5.74) is 0. The van der Waals surface area contributed by atoms with Crippen molar-refractivity contribution in [3.63, 3.8) is 0 Å². The van der Waals surface area contributed by atoms with Gasteiger partial charge in [0.1, 0.15) is 12.1 Å². The summed E-state index contributed by atoms with van der Waals surface area (Å²) in [6.07, 6.45) is 8.05. The third kappa shape index (κ3) is 4.24. The lowest BCUT2D eigenvalue weighted by atomic mass is 10.1.